The number of hydrogen-bond acceptors (Lipinski definition) is 8. The summed E-state index contributed by atoms with van der Waals surface area (Å²) in [6.45, 7) is 0. The molecular formula is C23H25FN6O2. The zero-order valence-corrected chi connectivity index (χ0v) is 17.9. The Bertz CT molecular complexity index is 1110. The molecule has 8 nitrogen and oxygen atoms in total. The summed E-state index contributed by atoms with van der Waals surface area (Å²) in [6, 6.07) is 7.02. The third kappa shape index (κ3) is 3.73. The highest BCUT2D eigenvalue weighted by Crippen LogP contribution is 2.35. The van der Waals surface area contributed by atoms with Crippen molar-refractivity contribution in [2.75, 3.05) is 19.1 Å². The summed E-state index contributed by atoms with van der Waals surface area (Å²) >= 11 is 0. The van der Waals surface area contributed by atoms with E-state index in [1.54, 1.807) is 30.6 Å². The van der Waals surface area contributed by atoms with E-state index in [9.17, 15) is 9.50 Å². The molecule has 4 atom stereocenters. The number of aromatic nitrogens is 4. The van der Waals surface area contributed by atoms with Gasteiger partial charge in [-0.25, -0.2) is 19.3 Å². The van der Waals surface area contributed by atoms with Crippen LogP contribution in [0, 0.1) is 0 Å². The number of phenols is 1. The van der Waals surface area contributed by atoms with Gasteiger partial charge in [-0.1, -0.05) is 6.07 Å². The minimum Gasteiger partial charge on any atom is -0.507 e. The van der Waals surface area contributed by atoms with Crippen LogP contribution in [-0.4, -0.2) is 63.5 Å². The molecule has 0 amide bonds. The number of nitrogens with one attached hydrogen (secondary N) is 1. The molecule has 9 heteroatoms. The van der Waals surface area contributed by atoms with Crippen LogP contribution in [0.15, 0.2) is 43.0 Å². The Labute approximate surface area is 185 Å². The van der Waals surface area contributed by atoms with Crippen molar-refractivity contribution >= 4 is 5.82 Å². The molecule has 2 aliphatic heterocycles. The first-order valence-corrected chi connectivity index (χ1v) is 10.7. The van der Waals surface area contributed by atoms with E-state index >= 15 is 0 Å². The molecule has 2 saturated heterocycles. The van der Waals surface area contributed by atoms with Crippen LogP contribution in [0.25, 0.3) is 22.5 Å². The van der Waals surface area contributed by atoms with Gasteiger partial charge >= 0.3 is 0 Å². The van der Waals surface area contributed by atoms with Gasteiger partial charge in [-0.15, -0.1) is 0 Å². The second-order valence-electron chi connectivity index (χ2n) is 8.34. The minimum atomic E-state index is -0.933. The summed E-state index contributed by atoms with van der Waals surface area (Å²) in [5, 5.41) is 14.0. The fraction of sp³-hybridized carbons (Fsp3) is 0.391. The molecule has 0 radical (unpaired) electrons. The third-order valence-corrected chi connectivity index (χ3v) is 6.47. The predicted octanol–water partition coefficient (Wildman–Crippen LogP) is 2.98. The summed E-state index contributed by atoms with van der Waals surface area (Å²) in [5.41, 5.74) is 2.46. The monoisotopic (exact) mass is 436 g/mol. The second kappa shape index (κ2) is 8.31. The smallest absolute Gasteiger partial charge is 0.216 e. The quantitative estimate of drug-likeness (QED) is 0.630. The highest BCUT2D eigenvalue weighted by molar-refractivity contribution is 5.73. The van der Waals surface area contributed by atoms with Crippen LogP contribution >= 0.6 is 0 Å². The Morgan fingerprint density at radius 2 is 1.97 bits per heavy atom. The van der Waals surface area contributed by atoms with Gasteiger partial charge in [-0.05, 0) is 31.4 Å². The van der Waals surface area contributed by atoms with Crippen LogP contribution in [0.5, 0.6) is 11.6 Å². The fourth-order valence-corrected chi connectivity index (χ4v) is 4.68. The first-order chi connectivity index (χ1) is 15.5. The topological polar surface area (TPSA) is 96.3 Å². The van der Waals surface area contributed by atoms with Gasteiger partial charge in [-0.3, -0.25) is 4.98 Å². The van der Waals surface area contributed by atoms with Crippen molar-refractivity contribution in [1.29, 1.82) is 0 Å². The van der Waals surface area contributed by atoms with E-state index in [4.69, 9.17) is 4.74 Å². The average Bonchev–Trinajstić information content (AvgIpc) is 3.24. The van der Waals surface area contributed by atoms with E-state index in [2.05, 4.69) is 25.3 Å². The minimum absolute atomic E-state index is 0.0641. The lowest BCUT2D eigenvalue weighted by Gasteiger charge is -2.38. The van der Waals surface area contributed by atoms with Crippen molar-refractivity contribution in [3.63, 3.8) is 0 Å². The summed E-state index contributed by atoms with van der Waals surface area (Å²) < 4.78 is 20.0. The number of alkyl halides is 1. The van der Waals surface area contributed by atoms with Crippen LogP contribution in [0.1, 0.15) is 19.3 Å². The molecule has 32 heavy (non-hydrogen) atoms. The number of fused-ring (bicyclic) bond motifs is 2. The molecule has 166 valence electrons. The van der Waals surface area contributed by atoms with Crippen LogP contribution in [0.2, 0.25) is 0 Å². The lowest BCUT2D eigenvalue weighted by atomic mass is 9.96. The summed E-state index contributed by atoms with van der Waals surface area (Å²) in [4.78, 5) is 19.1. The fourth-order valence-electron chi connectivity index (χ4n) is 4.68. The number of methoxy groups -OCH3 is 1. The van der Waals surface area contributed by atoms with Gasteiger partial charge in [0.1, 0.15) is 24.1 Å². The van der Waals surface area contributed by atoms with E-state index < -0.39 is 6.17 Å². The lowest BCUT2D eigenvalue weighted by molar-refractivity contribution is 0.176. The number of piperidine rings is 1. The number of aromatic hydroxyl groups is 1. The number of hydrogen-bond donors (Lipinski definition) is 2. The number of nitrogens with zero attached hydrogens (tertiary/aromatic N) is 5. The molecule has 1 aromatic carbocycles. The summed E-state index contributed by atoms with van der Waals surface area (Å²) in [7, 11) is 3.41. The van der Waals surface area contributed by atoms with E-state index in [-0.39, 0.29) is 17.8 Å². The van der Waals surface area contributed by atoms with Gasteiger partial charge < -0.3 is 20.1 Å². The molecule has 0 saturated carbocycles. The molecule has 0 spiro atoms. The number of phenolic OH excluding ortho intramolecular Hbond substituents is 1. The van der Waals surface area contributed by atoms with Gasteiger partial charge in [0.2, 0.25) is 5.88 Å². The molecule has 3 aromatic rings. The van der Waals surface area contributed by atoms with Crippen molar-refractivity contribution in [1.82, 2.24) is 25.3 Å². The Balaban J connectivity index is 1.35. The molecule has 4 heterocycles. The Morgan fingerprint density at radius 1 is 1.09 bits per heavy atom. The Kier molecular flexibility index (Phi) is 5.34. The van der Waals surface area contributed by atoms with Crippen LogP contribution in [-0.2, 0) is 0 Å². The highest BCUT2D eigenvalue weighted by Gasteiger charge is 2.43. The number of benzene rings is 1. The van der Waals surface area contributed by atoms with Crippen LogP contribution in [0.4, 0.5) is 10.2 Å². The molecule has 2 N–H and O–H groups in total. The maximum absolute atomic E-state index is 14.9. The van der Waals surface area contributed by atoms with Crippen molar-refractivity contribution in [2.24, 2.45) is 0 Å². The Morgan fingerprint density at radius 3 is 2.72 bits per heavy atom. The molecule has 2 unspecified atom stereocenters. The molecule has 5 rings (SSSR count). The standard InChI is InChI=1S/C23H25FN6O2/c1-30(19-8-14-4-6-16(29-14)23(19)24)21-11-25-18(10-26-21)15-5-3-13(7-20(15)31)17-9-22(32-2)28-12-27-17/h3,5,7,9-12,14,16,19,23,29,31H,4,6,8H2,1-2H3/t14?,16?,19-,23+/m1/s1. The first kappa shape index (κ1) is 20.6. The highest BCUT2D eigenvalue weighted by atomic mass is 19.1. The van der Waals surface area contributed by atoms with E-state index in [0.29, 0.717) is 34.7 Å². The Hall–Kier alpha value is -3.33. The average molecular weight is 436 g/mol. The van der Waals surface area contributed by atoms with Gasteiger partial charge in [0.25, 0.3) is 0 Å². The van der Waals surface area contributed by atoms with Gasteiger partial charge in [0, 0.05) is 36.3 Å². The number of ether oxygens (including phenoxy) is 1. The van der Waals surface area contributed by atoms with E-state index in [1.807, 2.05) is 18.0 Å². The van der Waals surface area contributed by atoms with Gasteiger partial charge in [0.05, 0.1) is 36.9 Å². The molecule has 0 aliphatic carbocycles. The molecule has 2 bridgehead atoms. The normalized spacial score (nSPS) is 24.3. The number of anilines is 1. The van der Waals surface area contributed by atoms with Gasteiger partial charge in [0.15, 0.2) is 0 Å². The SMILES string of the molecule is COc1cc(-c2ccc(-c3cnc(N(C)[C@@H]4CC5CCC(N5)[C@@H]4F)cn3)c(O)c2)ncn1. The largest absolute Gasteiger partial charge is 0.507 e. The summed E-state index contributed by atoms with van der Waals surface area (Å²) in [6.07, 6.45) is 6.39. The predicted molar refractivity (Wildman–Crippen MR) is 118 cm³/mol. The zero-order valence-electron chi connectivity index (χ0n) is 17.9. The second-order valence-corrected chi connectivity index (χ2v) is 8.34. The third-order valence-electron chi connectivity index (χ3n) is 6.47. The zero-order chi connectivity index (χ0) is 22.2. The lowest BCUT2D eigenvalue weighted by Crippen LogP contribution is -2.55. The van der Waals surface area contributed by atoms with E-state index in [0.717, 1.165) is 24.8 Å². The molecule has 2 aliphatic rings. The molecule has 2 fully saturated rings. The van der Waals surface area contributed by atoms with Crippen LogP contribution < -0.4 is 15.0 Å². The van der Waals surface area contributed by atoms with E-state index in [1.165, 1.54) is 13.4 Å². The molecular weight excluding hydrogens is 411 g/mol. The van der Waals surface area contributed by atoms with Gasteiger partial charge in [-0.2, -0.15) is 0 Å². The van der Waals surface area contributed by atoms with Crippen molar-refractivity contribution < 1.29 is 14.2 Å². The van der Waals surface area contributed by atoms with Crippen molar-refractivity contribution in [2.45, 2.75) is 43.6 Å². The number of rotatable bonds is 5. The molecule has 2 aromatic heterocycles. The summed E-state index contributed by atoms with van der Waals surface area (Å²) in [5.74, 6) is 1.13. The van der Waals surface area contributed by atoms with Crippen molar-refractivity contribution in [3.05, 3.63) is 43.0 Å². The van der Waals surface area contributed by atoms with Crippen molar-refractivity contribution in [3.8, 4) is 34.1 Å². The van der Waals surface area contributed by atoms with Crippen LogP contribution in [0.3, 0.4) is 0 Å². The maximum atomic E-state index is 14.9. The number of halogens is 1. The first-order valence-electron chi connectivity index (χ1n) is 10.7. The maximum Gasteiger partial charge on any atom is 0.216 e.